The fourth-order valence-corrected chi connectivity index (χ4v) is 4.26. The molecule has 0 radical (unpaired) electrons. The predicted molar refractivity (Wildman–Crippen MR) is 104 cm³/mol. The quantitative estimate of drug-likeness (QED) is 0.760. The number of nitrogens with zero attached hydrogens (tertiary/aromatic N) is 1. The summed E-state index contributed by atoms with van der Waals surface area (Å²) >= 11 is 0. The zero-order valence-corrected chi connectivity index (χ0v) is 16.9. The van der Waals surface area contributed by atoms with Crippen molar-refractivity contribution in [3.05, 3.63) is 23.3 Å². The van der Waals surface area contributed by atoms with Crippen molar-refractivity contribution < 1.29 is 14.3 Å². The number of piperidine rings is 1. The highest BCUT2D eigenvalue weighted by atomic mass is 16.5. The SMILES string of the molecule is COc1cc2c(cc1OCC(C)C)CCN1CC(CC(C)C)C(=O)CC21. The van der Waals surface area contributed by atoms with Crippen LogP contribution < -0.4 is 9.47 Å². The van der Waals surface area contributed by atoms with Crippen LogP contribution in [0.2, 0.25) is 0 Å². The molecule has 0 N–H and O–H groups in total. The van der Waals surface area contributed by atoms with Crippen molar-refractivity contribution >= 4 is 5.78 Å². The Labute approximate surface area is 157 Å². The molecule has 4 nitrogen and oxygen atoms in total. The average molecular weight is 360 g/mol. The largest absolute Gasteiger partial charge is 0.493 e. The molecule has 0 spiro atoms. The lowest BCUT2D eigenvalue weighted by atomic mass is 9.80. The molecular formula is C22H33NO3. The lowest BCUT2D eigenvalue weighted by Crippen LogP contribution is -2.46. The number of rotatable bonds is 6. The molecule has 2 aliphatic heterocycles. The Hall–Kier alpha value is -1.55. The van der Waals surface area contributed by atoms with Crippen LogP contribution in [-0.4, -0.2) is 37.5 Å². The van der Waals surface area contributed by atoms with E-state index in [1.54, 1.807) is 7.11 Å². The van der Waals surface area contributed by atoms with Gasteiger partial charge in [0.2, 0.25) is 0 Å². The zero-order valence-electron chi connectivity index (χ0n) is 16.9. The van der Waals surface area contributed by atoms with E-state index in [2.05, 4.69) is 44.7 Å². The molecule has 144 valence electrons. The highest BCUT2D eigenvalue weighted by Crippen LogP contribution is 2.42. The Morgan fingerprint density at radius 1 is 1.15 bits per heavy atom. The van der Waals surface area contributed by atoms with Crippen molar-refractivity contribution in [1.29, 1.82) is 0 Å². The lowest BCUT2D eigenvalue weighted by Gasteiger charge is -2.43. The summed E-state index contributed by atoms with van der Waals surface area (Å²) in [6.45, 7) is 11.3. The Bertz CT molecular complexity index is 653. The number of ketones is 1. The molecule has 4 heteroatoms. The van der Waals surface area contributed by atoms with Crippen molar-refractivity contribution in [1.82, 2.24) is 4.90 Å². The van der Waals surface area contributed by atoms with Gasteiger partial charge in [0, 0.05) is 31.5 Å². The monoisotopic (exact) mass is 359 g/mol. The number of carbonyl (C=O) groups is 1. The molecule has 1 saturated heterocycles. The van der Waals surface area contributed by atoms with Gasteiger partial charge in [-0.3, -0.25) is 9.69 Å². The molecule has 3 rings (SSSR count). The van der Waals surface area contributed by atoms with Crippen LogP contribution in [0.25, 0.3) is 0 Å². The summed E-state index contributed by atoms with van der Waals surface area (Å²) in [4.78, 5) is 15.2. The van der Waals surface area contributed by atoms with Crippen molar-refractivity contribution in [2.75, 3.05) is 26.8 Å². The number of hydrogen-bond acceptors (Lipinski definition) is 4. The van der Waals surface area contributed by atoms with Crippen LogP contribution in [0.4, 0.5) is 0 Å². The normalized spacial score (nSPS) is 23.1. The molecule has 2 unspecified atom stereocenters. The van der Waals surface area contributed by atoms with Crippen molar-refractivity contribution in [3.63, 3.8) is 0 Å². The van der Waals surface area contributed by atoms with Gasteiger partial charge in [-0.15, -0.1) is 0 Å². The fraction of sp³-hybridized carbons (Fsp3) is 0.682. The minimum absolute atomic E-state index is 0.197. The second-order valence-electron chi connectivity index (χ2n) is 8.66. The second-order valence-corrected chi connectivity index (χ2v) is 8.66. The maximum Gasteiger partial charge on any atom is 0.161 e. The van der Waals surface area contributed by atoms with E-state index in [0.29, 0.717) is 30.6 Å². The highest BCUT2D eigenvalue weighted by Gasteiger charge is 2.38. The maximum atomic E-state index is 12.7. The average Bonchev–Trinajstić information content (AvgIpc) is 2.59. The lowest BCUT2D eigenvalue weighted by molar-refractivity contribution is -0.129. The first kappa shape index (κ1) is 19.2. The van der Waals surface area contributed by atoms with Crippen LogP contribution in [0.1, 0.15) is 57.7 Å². The molecule has 1 fully saturated rings. The van der Waals surface area contributed by atoms with Crippen LogP contribution in [0.5, 0.6) is 11.5 Å². The van der Waals surface area contributed by atoms with E-state index in [4.69, 9.17) is 9.47 Å². The molecule has 2 aliphatic rings. The first-order valence-corrected chi connectivity index (χ1v) is 9.99. The number of benzene rings is 1. The standard InChI is InChI=1S/C22H33NO3/c1-14(2)8-17-12-23-7-6-16-9-22(26-13-15(3)4)21(25-5)10-18(16)19(23)11-20(17)24/h9-10,14-15,17,19H,6-8,11-13H2,1-5H3. The fourth-order valence-electron chi connectivity index (χ4n) is 4.26. The third-order valence-corrected chi connectivity index (χ3v) is 5.53. The van der Waals surface area contributed by atoms with Gasteiger partial charge in [-0.25, -0.2) is 0 Å². The topological polar surface area (TPSA) is 38.8 Å². The summed E-state index contributed by atoms with van der Waals surface area (Å²) in [5.74, 6) is 3.27. The number of fused-ring (bicyclic) bond motifs is 3. The molecular weight excluding hydrogens is 326 g/mol. The van der Waals surface area contributed by atoms with Gasteiger partial charge in [0.05, 0.1) is 13.7 Å². The van der Waals surface area contributed by atoms with Crippen LogP contribution in [-0.2, 0) is 11.2 Å². The Kier molecular flexibility index (Phi) is 5.91. The first-order valence-electron chi connectivity index (χ1n) is 9.99. The van der Waals surface area contributed by atoms with Crippen LogP contribution >= 0.6 is 0 Å². The molecule has 0 amide bonds. The first-order chi connectivity index (χ1) is 12.4. The second kappa shape index (κ2) is 7.99. The summed E-state index contributed by atoms with van der Waals surface area (Å²) < 4.78 is 11.6. The smallest absolute Gasteiger partial charge is 0.161 e. The molecule has 2 heterocycles. The van der Waals surface area contributed by atoms with Gasteiger partial charge < -0.3 is 9.47 Å². The van der Waals surface area contributed by atoms with Crippen molar-refractivity contribution in [3.8, 4) is 11.5 Å². The molecule has 1 aromatic carbocycles. The van der Waals surface area contributed by atoms with Gasteiger partial charge >= 0.3 is 0 Å². The Morgan fingerprint density at radius 3 is 2.58 bits per heavy atom. The van der Waals surface area contributed by atoms with Gasteiger partial charge in [0.25, 0.3) is 0 Å². The number of ether oxygens (including phenoxy) is 2. The molecule has 0 aliphatic carbocycles. The molecule has 0 aromatic heterocycles. The third-order valence-electron chi connectivity index (χ3n) is 5.53. The molecule has 2 atom stereocenters. The van der Waals surface area contributed by atoms with Gasteiger partial charge in [-0.2, -0.15) is 0 Å². The molecule has 0 saturated carbocycles. The van der Waals surface area contributed by atoms with Gasteiger partial charge in [-0.05, 0) is 47.9 Å². The predicted octanol–water partition coefficient (Wildman–Crippen LogP) is 4.26. The summed E-state index contributed by atoms with van der Waals surface area (Å²) in [5, 5.41) is 0. The zero-order chi connectivity index (χ0) is 18.8. The molecule has 26 heavy (non-hydrogen) atoms. The highest BCUT2D eigenvalue weighted by molar-refractivity contribution is 5.83. The molecule has 0 bridgehead atoms. The summed E-state index contributed by atoms with van der Waals surface area (Å²) in [7, 11) is 1.69. The van der Waals surface area contributed by atoms with Crippen molar-refractivity contribution in [2.45, 2.75) is 53.0 Å². The minimum Gasteiger partial charge on any atom is -0.493 e. The van der Waals surface area contributed by atoms with E-state index < -0.39 is 0 Å². The Balaban J connectivity index is 1.84. The van der Waals surface area contributed by atoms with Crippen LogP contribution in [0.15, 0.2) is 12.1 Å². The summed E-state index contributed by atoms with van der Waals surface area (Å²) in [6, 6.07) is 4.44. The number of Topliss-reactive ketones (excluding diaryl/α,β-unsaturated/α-hetero) is 1. The van der Waals surface area contributed by atoms with E-state index in [1.165, 1.54) is 11.1 Å². The summed E-state index contributed by atoms with van der Waals surface area (Å²) in [5.41, 5.74) is 2.56. The summed E-state index contributed by atoms with van der Waals surface area (Å²) in [6.07, 6.45) is 2.64. The van der Waals surface area contributed by atoms with E-state index in [1.807, 2.05) is 0 Å². The van der Waals surface area contributed by atoms with Gasteiger partial charge in [0.1, 0.15) is 5.78 Å². The maximum absolute atomic E-state index is 12.7. The van der Waals surface area contributed by atoms with Gasteiger partial charge in [0.15, 0.2) is 11.5 Å². The third kappa shape index (κ3) is 4.06. The molecule has 1 aromatic rings. The van der Waals surface area contributed by atoms with E-state index >= 15 is 0 Å². The van der Waals surface area contributed by atoms with E-state index in [-0.39, 0.29) is 12.0 Å². The van der Waals surface area contributed by atoms with Crippen LogP contribution in [0, 0.1) is 17.8 Å². The minimum atomic E-state index is 0.197. The number of methoxy groups -OCH3 is 1. The Morgan fingerprint density at radius 2 is 1.92 bits per heavy atom. The number of hydrogen-bond donors (Lipinski definition) is 0. The van der Waals surface area contributed by atoms with Crippen LogP contribution in [0.3, 0.4) is 0 Å². The van der Waals surface area contributed by atoms with Crippen molar-refractivity contribution in [2.24, 2.45) is 17.8 Å². The van der Waals surface area contributed by atoms with Gasteiger partial charge in [-0.1, -0.05) is 27.7 Å². The number of carbonyl (C=O) groups excluding carboxylic acids is 1. The van der Waals surface area contributed by atoms with E-state index in [0.717, 1.165) is 37.4 Å². The van der Waals surface area contributed by atoms with E-state index in [9.17, 15) is 4.79 Å².